The van der Waals surface area contributed by atoms with Crippen LogP contribution in [0.3, 0.4) is 0 Å². The van der Waals surface area contributed by atoms with Crippen LogP contribution in [0.2, 0.25) is 0 Å². The Balaban J connectivity index is 2.49. The molecule has 1 aliphatic carbocycles. The molecule has 2 N–H and O–H groups in total. The third-order valence-corrected chi connectivity index (χ3v) is 4.65. The van der Waals surface area contributed by atoms with Gasteiger partial charge in [-0.1, -0.05) is 27.2 Å². The van der Waals surface area contributed by atoms with Crippen LogP contribution in [0.1, 0.15) is 59.3 Å². The molecule has 1 aliphatic rings. The molecule has 114 valence electrons. The van der Waals surface area contributed by atoms with E-state index < -0.39 is 0 Å². The molecule has 0 aromatic rings. The highest BCUT2D eigenvalue weighted by atomic mass is 16.3. The number of rotatable bonds is 12. The fourth-order valence-corrected chi connectivity index (χ4v) is 2.70. The lowest BCUT2D eigenvalue weighted by atomic mass is 9.81. The summed E-state index contributed by atoms with van der Waals surface area (Å²) in [6.45, 7) is 11.4. The van der Waals surface area contributed by atoms with Crippen molar-refractivity contribution in [1.29, 1.82) is 0 Å². The van der Waals surface area contributed by atoms with Crippen molar-refractivity contribution in [2.45, 2.75) is 65.3 Å². The first-order valence-electron chi connectivity index (χ1n) is 8.26. The largest absolute Gasteiger partial charge is 0.395 e. The van der Waals surface area contributed by atoms with Gasteiger partial charge in [-0.05, 0) is 44.1 Å². The predicted molar refractivity (Wildman–Crippen MR) is 82.5 cm³/mol. The molecule has 1 fully saturated rings. The van der Waals surface area contributed by atoms with Crippen LogP contribution in [-0.2, 0) is 0 Å². The Morgan fingerprint density at radius 1 is 1.16 bits per heavy atom. The van der Waals surface area contributed by atoms with Crippen LogP contribution in [0.15, 0.2) is 0 Å². The lowest BCUT2D eigenvalue weighted by molar-refractivity contribution is 0.112. The quantitative estimate of drug-likeness (QED) is 0.572. The number of nitrogens with zero attached hydrogens (tertiary/aromatic N) is 1. The van der Waals surface area contributed by atoms with Crippen molar-refractivity contribution in [3.63, 3.8) is 0 Å². The summed E-state index contributed by atoms with van der Waals surface area (Å²) in [7, 11) is 0. The second-order valence-corrected chi connectivity index (χ2v) is 6.22. The van der Waals surface area contributed by atoms with E-state index in [2.05, 4.69) is 31.0 Å². The van der Waals surface area contributed by atoms with E-state index in [-0.39, 0.29) is 6.61 Å². The fourth-order valence-electron chi connectivity index (χ4n) is 2.70. The number of hydrogen-bond acceptors (Lipinski definition) is 3. The van der Waals surface area contributed by atoms with Gasteiger partial charge in [0.25, 0.3) is 0 Å². The van der Waals surface area contributed by atoms with Gasteiger partial charge in [0.1, 0.15) is 0 Å². The average Bonchev–Trinajstić information content (AvgIpc) is 3.25. The summed E-state index contributed by atoms with van der Waals surface area (Å²) in [6.07, 6.45) is 7.63. The van der Waals surface area contributed by atoms with E-state index in [0.29, 0.717) is 5.41 Å². The summed E-state index contributed by atoms with van der Waals surface area (Å²) in [5.41, 5.74) is 0.380. The molecule has 0 saturated heterocycles. The predicted octanol–water partition coefficient (Wildman–Crippen LogP) is 2.64. The summed E-state index contributed by atoms with van der Waals surface area (Å²) in [6, 6.07) is 0.791. The minimum Gasteiger partial charge on any atom is -0.395 e. The van der Waals surface area contributed by atoms with Crippen molar-refractivity contribution in [1.82, 2.24) is 10.2 Å². The molecule has 0 bridgehead atoms. The maximum absolute atomic E-state index is 9.25. The molecule has 3 nitrogen and oxygen atoms in total. The van der Waals surface area contributed by atoms with Gasteiger partial charge >= 0.3 is 0 Å². The molecule has 0 unspecified atom stereocenters. The SMILES string of the molecule is CCCCN(CCO)CC(CC)(CC)CNC1CC1. The summed E-state index contributed by atoms with van der Waals surface area (Å²) >= 11 is 0. The number of aliphatic hydroxyl groups excluding tert-OH is 1. The summed E-state index contributed by atoms with van der Waals surface area (Å²) in [5.74, 6) is 0. The van der Waals surface area contributed by atoms with Gasteiger partial charge in [-0.15, -0.1) is 0 Å². The second-order valence-electron chi connectivity index (χ2n) is 6.22. The molecule has 0 atom stereocenters. The average molecular weight is 270 g/mol. The zero-order chi connectivity index (χ0) is 14.1. The Morgan fingerprint density at radius 2 is 1.84 bits per heavy atom. The van der Waals surface area contributed by atoms with Crippen molar-refractivity contribution in [3.8, 4) is 0 Å². The molecule has 3 heteroatoms. The maximum Gasteiger partial charge on any atom is 0.0558 e. The minimum atomic E-state index is 0.281. The smallest absolute Gasteiger partial charge is 0.0558 e. The molecular formula is C16H34N2O. The minimum absolute atomic E-state index is 0.281. The van der Waals surface area contributed by atoms with Gasteiger partial charge in [0, 0.05) is 25.7 Å². The van der Waals surface area contributed by atoms with Crippen LogP contribution >= 0.6 is 0 Å². The van der Waals surface area contributed by atoms with Crippen molar-refractivity contribution in [2.75, 3.05) is 32.8 Å². The van der Waals surface area contributed by atoms with E-state index in [1.807, 2.05) is 0 Å². The van der Waals surface area contributed by atoms with Gasteiger partial charge in [-0.3, -0.25) is 0 Å². The lowest BCUT2D eigenvalue weighted by Crippen LogP contribution is -2.45. The highest BCUT2D eigenvalue weighted by molar-refractivity contribution is 4.88. The van der Waals surface area contributed by atoms with Crippen molar-refractivity contribution < 1.29 is 5.11 Å². The van der Waals surface area contributed by atoms with Crippen LogP contribution in [-0.4, -0.2) is 48.8 Å². The molecule has 0 aromatic heterocycles. The molecule has 0 radical (unpaired) electrons. The number of aliphatic hydroxyl groups is 1. The highest BCUT2D eigenvalue weighted by Crippen LogP contribution is 2.29. The van der Waals surface area contributed by atoms with Crippen LogP contribution in [0.25, 0.3) is 0 Å². The summed E-state index contributed by atoms with van der Waals surface area (Å²) < 4.78 is 0. The molecule has 0 spiro atoms. The first kappa shape index (κ1) is 16.9. The fraction of sp³-hybridized carbons (Fsp3) is 1.00. The Labute approximate surface area is 119 Å². The summed E-state index contributed by atoms with van der Waals surface area (Å²) in [5, 5.41) is 13.0. The number of unbranched alkanes of at least 4 members (excludes halogenated alkanes) is 1. The third-order valence-electron chi connectivity index (χ3n) is 4.65. The van der Waals surface area contributed by atoms with Crippen LogP contribution in [0.5, 0.6) is 0 Å². The Bertz CT molecular complexity index is 225. The first-order valence-corrected chi connectivity index (χ1v) is 8.26. The molecular weight excluding hydrogens is 236 g/mol. The zero-order valence-electron chi connectivity index (χ0n) is 13.2. The van der Waals surface area contributed by atoms with E-state index in [1.54, 1.807) is 0 Å². The van der Waals surface area contributed by atoms with Gasteiger partial charge in [0.2, 0.25) is 0 Å². The summed E-state index contributed by atoms with van der Waals surface area (Å²) in [4.78, 5) is 2.46. The van der Waals surface area contributed by atoms with E-state index in [0.717, 1.165) is 32.2 Å². The Morgan fingerprint density at radius 3 is 2.32 bits per heavy atom. The van der Waals surface area contributed by atoms with Gasteiger partial charge in [-0.2, -0.15) is 0 Å². The molecule has 1 saturated carbocycles. The Hall–Kier alpha value is -0.120. The third kappa shape index (κ3) is 6.24. The van der Waals surface area contributed by atoms with Gasteiger partial charge in [-0.25, -0.2) is 0 Å². The number of hydrogen-bond donors (Lipinski definition) is 2. The van der Waals surface area contributed by atoms with Crippen molar-refractivity contribution in [2.24, 2.45) is 5.41 Å². The molecule has 0 aromatic carbocycles. The van der Waals surface area contributed by atoms with Gasteiger partial charge < -0.3 is 15.3 Å². The maximum atomic E-state index is 9.25. The molecule has 0 heterocycles. The van der Waals surface area contributed by atoms with Crippen molar-refractivity contribution in [3.05, 3.63) is 0 Å². The van der Waals surface area contributed by atoms with Crippen LogP contribution in [0.4, 0.5) is 0 Å². The topological polar surface area (TPSA) is 35.5 Å². The van der Waals surface area contributed by atoms with E-state index in [1.165, 1.54) is 38.5 Å². The molecule has 19 heavy (non-hydrogen) atoms. The molecule has 0 amide bonds. The standard InChI is InChI=1S/C16H34N2O/c1-4-7-10-18(11-12-19)14-16(5-2,6-3)13-17-15-8-9-15/h15,17,19H,4-14H2,1-3H3. The highest BCUT2D eigenvalue weighted by Gasteiger charge is 2.31. The number of nitrogens with one attached hydrogen (secondary N) is 1. The lowest BCUT2D eigenvalue weighted by Gasteiger charge is -2.37. The van der Waals surface area contributed by atoms with Crippen molar-refractivity contribution >= 4 is 0 Å². The normalized spacial score (nSPS) is 16.3. The first-order chi connectivity index (χ1) is 9.19. The van der Waals surface area contributed by atoms with E-state index in [4.69, 9.17) is 0 Å². The zero-order valence-corrected chi connectivity index (χ0v) is 13.2. The second kappa shape index (κ2) is 8.93. The van der Waals surface area contributed by atoms with E-state index >= 15 is 0 Å². The van der Waals surface area contributed by atoms with Gasteiger partial charge in [0.05, 0.1) is 6.61 Å². The monoisotopic (exact) mass is 270 g/mol. The van der Waals surface area contributed by atoms with E-state index in [9.17, 15) is 5.11 Å². The molecule has 1 rings (SSSR count). The van der Waals surface area contributed by atoms with Crippen LogP contribution < -0.4 is 5.32 Å². The van der Waals surface area contributed by atoms with Gasteiger partial charge in [0.15, 0.2) is 0 Å². The van der Waals surface area contributed by atoms with Crippen LogP contribution in [0, 0.1) is 5.41 Å². The Kier molecular flexibility index (Phi) is 7.96. The molecule has 0 aliphatic heterocycles.